The maximum absolute atomic E-state index is 13.7. The van der Waals surface area contributed by atoms with E-state index in [1.165, 1.54) is 24.1 Å². The number of halogens is 2. The molecule has 0 saturated carbocycles. The smallest absolute Gasteiger partial charge is 0.310 e. The van der Waals surface area contributed by atoms with Gasteiger partial charge in [-0.15, -0.1) is 0 Å². The van der Waals surface area contributed by atoms with E-state index in [0.29, 0.717) is 17.4 Å². The fraction of sp³-hybridized carbons (Fsp3) is 0.385. The number of nitrogens with zero attached hydrogens (tertiary/aromatic N) is 1. The molecule has 1 saturated heterocycles. The third-order valence-electron chi connectivity index (χ3n) is 3.17. The molecule has 4 nitrogen and oxygen atoms in total. The van der Waals surface area contributed by atoms with Crippen molar-refractivity contribution >= 4 is 27.8 Å². The van der Waals surface area contributed by atoms with Crippen LogP contribution in [0.3, 0.4) is 0 Å². The Kier molecular flexibility index (Phi) is 4.19. The quantitative estimate of drug-likeness (QED) is 0.781. The van der Waals surface area contributed by atoms with Gasteiger partial charge in [-0.2, -0.15) is 0 Å². The van der Waals surface area contributed by atoms with Gasteiger partial charge < -0.3 is 9.64 Å². The third-order valence-corrected chi connectivity index (χ3v) is 3.66. The molecule has 1 atom stereocenters. The molecule has 0 spiro atoms. The van der Waals surface area contributed by atoms with Crippen LogP contribution in [-0.4, -0.2) is 37.0 Å². The maximum atomic E-state index is 13.7. The molecule has 102 valence electrons. The molecule has 1 unspecified atom stereocenters. The molecule has 1 amide bonds. The van der Waals surface area contributed by atoms with Crippen molar-refractivity contribution in [2.45, 2.75) is 6.42 Å². The lowest BCUT2D eigenvalue weighted by atomic mass is 10.1. The molecule has 1 fully saturated rings. The molecule has 19 heavy (non-hydrogen) atoms. The second kappa shape index (κ2) is 5.69. The van der Waals surface area contributed by atoms with Gasteiger partial charge in [0, 0.05) is 17.6 Å². The molecule has 1 aromatic rings. The highest BCUT2D eigenvalue weighted by Gasteiger charge is 2.32. The minimum atomic E-state index is -0.569. The van der Waals surface area contributed by atoms with E-state index in [1.54, 1.807) is 6.07 Å². The van der Waals surface area contributed by atoms with Gasteiger partial charge in [0.2, 0.25) is 0 Å². The third kappa shape index (κ3) is 2.94. The Bertz CT molecular complexity index is 521. The summed E-state index contributed by atoms with van der Waals surface area (Å²) in [6.07, 6.45) is 0.552. The first-order valence-corrected chi connectivity index (χ1v) is 6.64. The van der Waals surface area contributed by atoms with E-state index in [0.717, 1.165) is 0 Å². The number of carbonyl (C=O) groups is 2. The van der Waals surface area contributed by atoms with Gasteiger partial charge in [0.1, 0.15) is 5.82 Å². The molecule has 1 aromatic carbocycles. The fourth-order valence-electron chi connectivity index (χ4n) is 2.14. The van der Waals surface area contributed by atoms with Crippen LogP contribution in [0.1, 0.15) is 16.8 Å². The van der Waals surface area contributed by atoms with Crippen molar-refractivity contribution in [2.24, 2.45) is 5.92 Å². The van der Waals surface area contributed by atoms with Gasteiger partial charge >= 0.3 is 5.97 Å². The standard InChI is InChI=1S/C13H13BrFNO3/c1-19-13(18)8-4-5-16(7-8)12(17)10-3-2-9(14)6-11(10)15/h2-3,6,8H,4-5,7H2,1H3. The first-order valence-electron chi connectivity index (χ1n) is 5.85. The molecule has 0 bridgehead atoms. The Hall–Kier alpha value is -1.43. The number of hydrogen-bond acceptors (Lipinski definition) is 3. The summed E-state index contributed by atoms with van der Waals surface area (Å²) >= 11 is 3.14. The molecule has 1 aliphatic heterocycles. The number of hydrogen-bond donors (Lipinski definition) is 0. The Morgan fingerprint density at radius 2 is 2.21 bits per heavy atom. The number of benzene rings is 1. The first kappa shape index (κ1) is 14.0. The summed E-state index contributed by atoms with van der Waals surface area (Å²) in [7, 11) is 1.32. The average Bonchev–Trinajstić information content (AvgIpc) is 2.86. The number of ether oxygens (including phenoxy) is 1. The van der Waals surface area contributed by atoms with Crippen molar-refractivity contribution in [3.05, 3.63) is 34.1 Å². The van der Waals surface area contributed by atoms with Crippen molar-refractivity contribution in [1.29, 1.82) is 0 Å². The Morgan fingerprint density at radius 3 is 2.84 bits per heavy atom. The van der Waals surface area contributed by atoms with E-state index in [2.05, 4.69) is 20.7 Å². The van der Waals surface area contributed by atoms with Crippen LogP contribution in [0.25, 0.3) is 0 Å². The van der Waals surface area contributed by atoms with Crippen molar-refractivity contribution in [3.8, 4) is 0 Å². The van der Waals surface area contributed by atoms with E-state index in [-0.39, 0.29) is 24.0 Å². The number of rotatable bonds is 2. The van der Waals surface area contributed by atoms with E-state index < -0.39 is 11.7 Å². The molecule has 1 heterocycles. The summed E-state index contributed by atoms with van der Waals surface area (Å²) in [5.74, 6) is -1.60. The van der Waals surface area contributed by atoms with Gasteiger partial charge in [0.25, 0.3) is 5.91 Å². The van der Waals surface area contributed by atoms with Gasteiger partial charge in [-0.3, -0.25) is 9.59 Å². The summed E-state index contributed by atoms with van der Waals surface area (Å²) in [6.45, 7) is 0.717. The maximum Gasteiger partial charge on any atom is 0.310 e. The van der Waals surface area contributed by atoms with Crippen LogP contribution in [0, 0.1) is 11.7 Å². The van der Waals surface area contributed by atoms with Crippen molar-refractivity contribution in [3.63, 3.8) is 0 Å². The number of likely N-dealkylation sites (tertiary alicyclic amines) is 1. The van der Waals surface area contributed by atoms with Gasteiger partial charge in [-0.25, -0.2) is 4.39 Å². The number of methoxy groups -OCH3 is 1. The van der Waals surface area contributed by atoms with Crippen LogP contribution >= 0.6 is 15.9 Å². The number of carbonyl (C=O) groups excluding carboxylic acids is 2. The van der Waals surface area contributed by atoms with Crippen LogP contribution in [0.5, 0.6) is 0 Å². The zero-order valence-electron chi connectivity index (χ0n) is 10.4. The van der Waals surface area contributed by atoms with Gasteiger partial charge in [0.15, 0.2) is 0 Å². The van der Waals surface area contributed by atoms with Crippen LogP contribution < -0.4 is 0 Å². The van der Waals surface area contributed by atoms with Gasteiger partial charge in [-0.1, -0.05) is 15.9 Å². The minimum absolute atomic E-state index is 0.0220. The average molecular weight is 330 g/mol. The van der Waals surface area contributed by atoms with Crippen LogP contribution in [-0.2, 0) is 9.53 Å². The summed E-state index contributed by atoms with van der Waals surface area (Å²) in [5, 5.41) is 0. The SMILES string of the molecule is COC(=O)C1CCN(C(=O)c2ccc(Br)cc2F)C1. The van der Waals surface area contributed by atoms with E-state index in [9.17, 15) is 14.0 Å². The molecule has 6 heteroatoms. The van der Waals surface area contributed by atoms with Crippen LogP contribution in [0.4, 0.5) is 4.39 Å². The second-order valence-corrected chi connectivity index (χ2v) is 5.30. The predicted octanol–water partition coefficient (Wildman–Crippen LogP) is 2.22. The largest absolute Gasteiger partial charge is 0.469 e. The Balaban J connectivity index is 2.11. The summed E-state index contributed by atoms with van der Waals surface area (Å²) < 4.78 is 18.9. The molecule has 0 aliphatic carbocycles. The van der Waals surface area contributed by atoms with Crippen LogP contribution in [0.2, 0.25) is 0 Å². The Morgan fingerprint density at radius 1 is 1.47 bits per heavy atom. The lowest BCUT2D eigenvalue weighted by Gasteiger charge is -2.16. The molecule has 2 rings (SSSR count). The lowest BCUT2D eigenvalue weighted by molar-refractivity contribution is -0.144. The lowest BCUT2D eigenvalue weighted by Crippen LogP contribution is -2.30. The molecule has 0 N–H and O–H groups in total. The predicted molar refractivity (Wildman–Crippen MR) is 70.1 cm³/mol. The van der Waals surface area contributed by atoms with Crippen LogP contribution in [0.15, 0.2) is 22.7 Å². The Labute approximate surface area is 118 Å². The minimum Gasteiger partial charge on any atom is -0.469 e. The number of amides is 1. The van der Waals surface area contributed by atoms with Gasteiger partial charge in [0.05, 0.1) is 18.6 Å². The topological polar surface area (TPSA) is 46.6 Å². The van der Waals surface area contributed by atoms with Gasteiger partial charge in [-0.05, 0) is 24.6 Å². The highest BCUT2D eigenvalue weighted by molar-refractivity contribution is 9.10. The van der Waals surface area contributed by atoms with Crippen molar-refractivity contribution < 1.29 is 18.7 Å². The molecule has 1 aliphatic rings. The van der Waals surface area contributed by atoms with E-state index in [1.807, 2.05) is 0 Å². The monoisotopic (exact) mass is 329 g/mol. The normalized spacial score (nSPS) is 18.5. The second-order valence-electron chi connectivity index (χ2n) is 4.38. The summed E-state index contributed by atoms with van der Waals surface area (Å²) in [4.78, 5) is 25.0. The summed E-state index contributed by atoms with van der Waals surface area (Å²) in [5.41, 5.74) is 0.0220. The number of esters is 1. The molecular weight excluding hydrogens is 317 g/mol. The first-order chi connectivity index (χ1) is 9.02. The molecule has 0 radical (unpaired) electrons. The van der Waals surface area contributed by atoms with Crippen molar-refractivity contribution in [1.82, 2.24) is 4.90 Å². The van der Waals surface area contributed by atoms with E-state index in [4.69, 9.17) is 0 Å². The highest BCUT2D eigenvalue weighted by atomic mass is 79.9. The van der Waals surface area contributed by atoms with Crippen molar-refractivity contribution in [2.75, 3.05) is 20.2 Å². The highest BCUT2D eigenvalue weighted by Crippen LogP contribution is 2.22. The van der Waals surface area contributed by atoms with E-state index >= 15 is 0 Å². The molecule has 0 aromatic heterocycles. The molecular formula is C13H13BrFNO3. The fourth-order valence-corrected chi connectivity index (χ4v) is 2.47. The summed E-state index contributed by atoms with van der Waals surface area (Å²) in [6, 6.07) is 4.30. The zero-order chi connectivity index (χ0) is 14.0. The zero-order valence-corrected chi connectivity index (χ0v) is 11.9.